The molecule has 0 aromatic heterocycles. The summed E-state index contributed by atoms with van der Waals surface area (Å²) >= 11 is 0. The van der Waals surface area contributed by atoms with Gasteiger partial charge in [0.1, 0.15) is 22.8 Å². The van der Waals surface area contributed by atoms with Gasteiger partial charge in [-0.25, -0.2) is 0 Å². The van der Waals surface area contributed by atoms with Crippen LogP contribution in [0.25, 0.3) is 16.9 Å². The molecular formula is C31H32N6O7. The molecule has 5 rings (SSSR count). The van der Waals surface area contributed by atoms with E-state index in [1.54, 1.807) is 42.5 Å². The molecular weight excluding hydrogens is 568 g/mol. The average Bonchev–Trinajstić information content (AvgIpc) is 2.92. The number of carbonyl (C=O) groups is 4. The Balaban J connectivity index is 1.87. The summed E-state index contributed by atoms with van der Waals surface area (Å²) in [6.45, 7) is 1.18. The van der Waals surface area contributed by atoms with Crippen LogP contribution in [-0.2, 0) is 32.1 Å². The molecule has 0 heterocycles. The van der Waals surface area contributed by atoms with Crippen LogP contribution in [0, 0.1) is 16.7 Å². The van der Waals surface area contributed by atoms with Crippen molar-refractivity contribution in [2.75, 3.05) is 14.1 Å². The van der Waals surface area contributed by atoms with E-state index < -0.39 is 74.8 Å². The van der Waals surface area contributed by atoms with Crippen LogP contribution in [0.15, 0.2) is 53.3 Å². The van der Waals surface area contributed by atoms with E-state index in [1.807, 2.05) is 0 Å². The van der Waals surface area contributed by atoms with Crippen molar-refractivity contribution < 1.29 is 34.5 Å². The third-order valence-corrected chi connectivity index (χ3v) is 8.94. The topological polar surface area (TPSA) is 246 Å². The summed E-state index contributed by atoms with van der Waals surface area (Å²) in [4.78, 5) is 53.6. The number of fused-ring (bicyclic) bond motifs is 3. The van der Waals surface area contributed by atoms with Crippen molar-refractivity contribution in [3.8, 4) is 22.9 Å². The summed E-state index contributed by atoms with van der Waals surface area (Å²) in [5, 5.41) is 47.8. The van der Waals surface area contributed by atoms with E-state index in [-0.39, 0.29) is 30.0 Å². The van der Waals surface area contributed by atoms with Crippen molar-refractivity contribution in [3.05, 3.63) is 70.0 Å². The van der Waals surface area contributed by atoms with Crippen LogP contribution < -0.4 is 22.5 Å². The van der Waals surface area contributed by atoms with Gasteiger partial charge < -0.3 is 37.8 Å². The molecule has 4 atom stereocenters. The molecule has 44 heavy (non-hydrogen) atoms. The summed E-state index contributed by atoms with van der Waals surface area (Å²) in [6, 6.07) is 10.9. The van der Waals surface area contributed by atoms with Gasteiger partial charge in [0.15, 0.2) is 17.0 Å². The maximum Gasteiger partial charge on any atom is 0.255 e. The molecule has 228 valence electrons. The molecule has 2 aromatic carbocycles. The lowest BCUT2D eigenvalue weighted by Gasteiger charge is -2.58. The standard InChI is InChI=1S/C31H32N6O7/c1-14(38)36-11-16-9-17(15-7-5-4-6-8-15)18-10-29(34)12-31(35)25(37(2)3)24(41)20(28(33)44)26(42)30(31,13-32)27(43)21(29)23(40)19(18)22(16)39/h4-9,25,39-40,42H,10-12,34-35H2,1-3H3,(H2,33,44)(H,36,38)/t25-,29-,30+,31-/m1/s1. The molecule has 2 amide bonds. The Bertz CT molecular complexity index is 1780. The van der Waals surface area contributed by atoms with Crippen molar-refractivity contribution in [3.63, 3.8) is 0 Å². The van der Waals surface area contributed by atoms with Crippen molar-refractivity contribution in [1.29, 1.82) is 5.26 Å². The fourth-order valence-corrected chi connectivity index (χ4v) is 7.18. The van der Waals surface area contributed by atoms with Crippen molar-refractivity contribution in [1.82, 2.24) is 10.2 Å². The maximum atomic E-state index is 14.6. The lowest BCUT2D eigenvalue weighted by Crippen LogP contribution is -2.80. The number of nitriles is 1. The smallest absolute Gasteiger partial charge is 0.255 e. The van der Waals surface area contributed by atoms with Gasteiger partial charge in [-0.1, -0.05) is 30.3 Å². The highest BCUT2D eigenvalue weighted by molar-refractivity contribution is 6.25. The fourth-order valence-electron chi connectivity index (χ4n) is 7.18. The predicted octanol–water partition coefficient (Wildman–Crippen LogP) is 0.209. The van der Waals surface area contributed by atoms with Crippen LogP contribution in [0.5, 0.6) is 5.75 Å². The number of aliphatic hydroxyl groups is 2. The van der Waals surface area contributed by atoms with Gasteiger partial charge >= 0.3 is 0 Å². The van der Waals surface area contributed by atoms with E-state index in [4.69, 9.17) is 17.2 Å². The van der Waals surface area contributed by atoms with Gasteiger partial charge in [-0.3, -0.25) is 24.1 Å². The number of amides is 2. The van der Waals surface area contributed by atoms with Gasteiger partial charge in [-0.15, -0.1) is 0 Å². The highest BCUT2D eigenvalue weighted by atomic mass is 16.3. The summed E-state index contributed by atoms with van der Waals surface area (Å²) < 4.78 is 0. The normalized spacial score (nSPS) is 27.8. The summed E-state index contributed by atoms with van der Waals surface area (Å²) in [6.07, 6.45) is -0.668. The van der Waals surface area contributed by atoms with Gasteiger partial charge in [0.25, 0.3) is 5.91 Å². The Morgan fingerprint density at radius 1 is 1.14 bits per heavy atom. The van der Waals surface area contributed by atoms with Crippen molar-refractivity contribution in [2.45, 2.75) is 43.4 Å². The number of phenolic OH excluding ortho intramolecular Hbond substituents is 1. The first-order valence-electron chi connectivity index (χ1n) is 13.7. The fraction of sp³-hybridized carbons (Fsp3) is 0.323. The summed E-state index contributed by atoms with van der Waals surface area (Å²) in [7, 11) is 2.91. The zero-order valence-corrected chi connectivity index (χ0v) is 24.3. The number of hydrogen-bond donors (Lipinski definition) is 7. The number of phenols is 1. The van der Waals surface area contributed by atoms with Gasteiger partial charge in [-0.2, -0.15) is 5.26 Å². The molecule has 0 bridgehead atoms. The van der Waals surface area contributed by atoms with Gasteiger partial charge in [0.05, 0.1) is 34.3 Å². The van der Waals surface area contributed by atoms with E-state index in [0.29, 0.717) is 16.7 Å². The molecule has 3 aliphatic rings. The van der Waals surface area contributed by atoms with E-state index in [0.717, 1.165) is 0 Å². The quantitative estimate of drug-likeness (QED) is 0.229. The number of benzene rings is 2. The Hall–Kier alpha value is -5.03. The molecule has 0 spiro atoms. The molecule has 1 saturated carbocycles. The second-order valence-corrected chi connectivity index (χ2v) is 11.8. The van der Waals surface area contributed by atoms with Gasteiger partial charge in [-0.05, 0) is 49.7 Å². The zero-order chi connectivity index (χ0) is 32.5. The van der Waals surface area contributed by atoms with E-state index in [2.05, 4.69) is 5.32 Å². The SMILES string of the molecule is CC(=O)NCc1cc(-c2ccccc2)c2c(c1O)C(O)=C1C(=O)[C@]3(C#N)C(O)=C(C(N)=O)C(=O)[C@@H](N(C)C)[C@]3(N)C[C@]1(N)C2. The molecule has 0 saturated heterocycles. The molecule has 0 unspecified atom stereocenters. The molecule has 2 aromatic rings. The van der Waals surface area contributed by atoms with Crippen LogP contribution in [0.4, 0.5) is 0 Å². The third-order valence-electron chi connectivity index (χ3n) is 8.94. The summed E-state index contributed by atoms with van der Waals surface area (Å²) in [5.74, 6) is -6.38. The molecule has 10 N–H and O–H groups in total. The zero-order valence-electron chi connectivity index (χ0n) is 24.3. The largest absolute Gasteiger partial charge is 0.509 e. The van der Waals surface area contributed by atoms with Crippen LogP contribution in [0.1, 0.15) is 30.0 Å². The number of Topliss-reactive ketones (excluding diaryl/α,β-unsaturated/α-hetero) is 2. The minimum atomic E-state index is -2.75. The van der Waals surface area contributed by atoms with E-state index in [9.17, 15) is 39.8 Å². The lowest BCUT2D eigenvalue weighted by atomic mass is 9.47. The number of aliphatic hydroxyl groups excluding tert-OH is 2. The van der Waals surface area contributed by atoms with Crippen molar-refractivity contribution >= 4 is 29.1 Å². The second kappa shape index (κ2) is 10.0. The average molecular weight is 601 g/mol. The van der Waals surface area contributed by atoms with Crippen LogP contribution >= 0.6 is 0 Å². The number of nitrogens with two attached hydrogens (primary N) is 3. The van der Waals surface area contributed by atoms with Gasteiger partial charge in [0, 0.05) is 19.0 Å². The predicted molar refractivity (Wildman–Crippen MR) is 157 cm³/mol. The van der Waals surface area contributed by atoms with Crippen molar-refractivity contribution in [2.24, 2.45) is 22.6 Å². The van der Waals surface area contributed by atoms with E-state index in [1.165, 1.54) is 25.9 Å². The molecule has 1 fully saturated rings. The Labute approximate surface area is 252 Å². The third kappa shape index (κ3) is 3.88. The second-order valence-electron chi connectivity index (χ2n) is 11.8. The first-order chi connectivity index (χ1) is 20.6. The lowest BCUT2D eigenvalue weighted by molar-refractivity contribution is -0.139. The van der Waals surface area contributed by atoms with E-state index >= 15 is 0 Å². The monoisotopic (exact) mass is 600 g/mol. The number of nitrogens with one attached hydrogen (secondary N) is 1. The molecule has 3 aliphatic carbocycles. The molecule has 0 radical (unpaired) electrons. The Morgan fingerprint density at radius 3 is 2.32 bits per heavy atom. The maximum absolute atomic E-state index is 14.6. The number of aromatic hydroxyl groups is 1. The van der Waals surface area contributed by atoms with Crippen LogP contribution in [0.2, 0.25) is 0 Å². The summed E-state index contributed by atoms with van der Waals surface area (Å²) in [5.41, 5.74) is 12.7. The highest BCUT2D eigenvalue weighted by Gasteiger charge is 2.74. The minimum Gasteiger partial charge on any atom is -0.509 e. The first kappa shape index (κ1) is 30.4. The highest BCUT2D eigenvalue weighted by Crippen LogP contribution is 2.59. The molecule has 0 aliphatic heterocycles. The molecule has 13 nitrogen and oxygen atoms in total. The van der Waals surface area contributed by atoms with Crippen LogP contribution in [0.3, 0.4) is 0 Å². The molecule has 13 heteroatoms. The number of rotatable bonds is 5. The number of likely N-dealkylation sites (N-methyl/N-ethyl adjacent to an activating group) is 1. The number of hydrogen-bond acceptors (Lipinski definition) is 11. The number of carbonyl (C=O) groups excluding carboxylic acids is 4. The number of primary amides is 1. The van der Waals surface area contributed by atoms with Crippen LogP contribution in [-0.4, -0.2) is 74.8 Å². The number of ketones is 2. The minimum absolute atomic E-state index is 0.120. The number of nitrogens with zero attached hydrogens (tertiary/aromatic N) is 2. The van der Waals surface area contributed by atoms with Gasteiger partial charge in [0.2, 0.25) is 5.91 Å². The Morgan fingerprint density at radius 2 is 1.77 bits per heavy atom. The first-order valence-corrected chi connectivity index (χ1v) is 13.7. The Kier molecular flexibility index (Phi) is 6.93.